The van der Waals surface area contributed by atoms with Crippen LogP contribution in [0, 0.1) is 0 Å². The standard InChI is InChI=1S/C17H18ClNO3/c18-15-8-4-7-14(9-15)16(22)19-17(11-20,12-21)10-13-5-2-1-3-6-13/h1-9,20-21H,10-12H2,(H,19,22). The van der Waals surface area contributed by atoms with E-state index >= 15 is 0 Å². The Labute approximate surface area is 134 Å². The van der Waals surface area contributed by atoms with Gasteiger partial charge in [0.15, 0.2) is 0 Å². The van der Waals surface area contributed by atoms with Gasteiger partial charge in [-0.3, -0.25) is 4.79 Å². The van der Waals surface area contributed by atoms with Crippen LogP contribution >= 0.6 is 11.6 Å². The van der Waals surface area contributed by atoms with Gasteiger partial charge in [0, 0.05) is 17.0 Å². The summed E-state index contributed by atoms with van der Waals surface area (Å²) in [7, 11) is 0. The number of nitrogens with one attached hydrogen (secondary N) is 1. The lowest BCUT2D eigenvalue weighted by Gasteiger charge is -2.31. The van der Waals surface area contributed by atoms with Crippen molar-refractivity contribution in [3.05, 3.63) is 70.7 Å². The van der Waals surface area contributed by atoms with E-state index in [1.165, 1.54) is 0 Å². The Morgan fingerprint density at radius 2 is 1.73 bits per heavy atom. The maximum absolute atomic E-state index is 12.3. The van der Waals surface area contributed by atoms with Crippen molar-refractivity contribution in [2.75, 3.05) is 13.2 Å². The highest BCUT2D eigenvalue weighted by atomic mass is 35.5. The van der Waals surface area contributed by atoms with Crippen molar-refractivity contribution < 1.29 is 15.0 Å². The van der Waals surface area contributed by atoms with E-state index in [2.05, 4.69) is 5.32 Å². The molecule has 2 aromatic rings. The average Bonchev–Trinajstić information content (AvgIpc) is 2.55. The highest BCUT2D eigenvalue weighted by Crippen LogP contribution is 2.16. The lowest BCUT2D eigenvalue weighted by molar-refractivity contribution is 0.0667. The number of hydrogen-bond acceptors (Lipinski definition) is 3. The van der Waals surface area contributed by atoms with Gasteiger partial charge in [-0.1, -0.05) is 48.0 Å². The Bertz CT molecular complexity index is 627. The lowest BCUT2D eigenvalue weighted by atomic mass is 9.92. The molecule has 22 heavy (non-hydrogen) atoms. The second-order valence-corrected chi connectivity index (χ2v) is 5.66. The number of halogens is 1. The second kappa shape index (κ2) is 7.40. The number of rotatable bonds is 6. The minimum absolute atomic E-state index is 0.327. The number of hydrogen-bond donors (Lipinski definition) is 3. The average molecular weight is 320 g/mol. The fourth-order valence-corrected chi connectivity index (χ4v) is 2.40. The van der Waals surface area contributed by atoms with Gasteiger partial charge in [-0.25, -0.2) is 0 Å². The summed E-state index contributed by atoms with van der Waals surface area (Å²) in [4.78, 5) is 12.3. The van der Waals surface area contributed by atoms with Gasteiger partial charge >= 0.3 is 0 Å². The Hall–Kier alpha value is -1.88. The van der Waals surface area contributed by atoms with Crippen LogP contribution in [0.2, 0.25) is 5.02 Å². The number of amides is 1. The number of aliphatic hydroxyl groups excluding tert-OH is 2. The number of aliphatic hydroxyl groups is 2. The van der Waals surface area contributed by atoms with E-state index in [9.17, 15) is 15.0 Å². The van der Waals surface area contributed by atoms with Gasteiger partial charge in [-0.05, 0) is 23.8 Å². The van der Waals surface area contributed by atoms with Crippen molar-refractivity contribution in [2.24, 2.45) is 0 Å². The molecular weight excluding hydrogens is 302 g/mol. The molecule has 2 rings (SSSR count). The minimum Gasteiger partial charge on any atom is -0.394 e. The monoisotopic (exact) mass is 319 g/mol. The van der Waals surface area contributed by atoms with Gasteiger partial charge < -0.3 is 15.5 Å². The van der Waals surface area contributed by atoms with Gasteiger partial charge in [0.2, 0.25) is 0 Å². The summed E-state index contributed by atoms with van der Waals surface area (Å²) in [6.07, 6.45) is 0.327. The Balaban J connectivity index is 2.19. The molecule has 0 spiro atoms. The molecule has 5 heteroatoms. The molecule has 0 atom stereocenters. The molecule has 1 amide bonds. The van der Waals surface area contributed by atoms with Crippen molar-refractivity contribution in [3.8, 4) is 0 Å². The van der Waals surface area contributed by atoms with Gasteiger partial charge in [-0.2, -0.15) is 0 Å². The zero-order valence-corrected chi connectivity index (χ0v) is 12.8. The van der Waals surface area contributed by atoms with E-state index in [0.29, 0.717) is 17.0 Å². The molecule has 0 bridgehead atoms. The maximum Gasteiger partial charge on any atom is 0.251 e. The van der Waals surface area contributed by atoms with Crippen LogP contribution in [0.15, 0.2) is 54.6 Å². The number of carbonyl (C=O) groups is 1. The van der Waals surface area contributed by atoms with E-state index in [0.717, 1.165) is 5.56 Å². The smallest absolute Gasteiger partial charge is 0.251 e. The van der Waals surface area contributed by atoms with Crippen molar-refractivity contribution >= 4 is 17.5 Å². The van der Waals surface area contributed by atoms with E-state index in [1.807, 2.05) is 30.3 Å². The molecule has 0 saturated carbocycles. The topological polar surface area (TPSA) is 69.6 Å². The third-order valence-corrected chi connectivity index (χ3v) is 3.69. The zero-order chi connectivity index (χ0) is 16.0. The summed E-state index contributed by atoms with van der Waals surface area (Å²) in [6.45, 7) is -0.741. The second-order valence-electron chi connectivity index (χ2n) is 5.22. The maximum atomic E-state index is 12.3. The van der Waals surface area contributed by atoms with Crippen LogP contribution in [0.4, 0.5) is 0 Å². The highest BCUT2D eigenvalue weighted by Gasteiger charge is 2.31. The molecular formula is C17H18ClNO3. The quantitative estimate of drug-likeness (QED) is 0.763. The Morgan fingerprint density at radius 3 is 2.32 bits per heavy atom. The van der Waals surface area contributed by atoms with Crippen LogP contribution in [0.3, 0.4) is 0 Å². The lowest BCUT2D eigenvalue weighted by Crippen LogP contribution is -2.55. The van der Waals surface area contributed by atoms with E-state index in [1.54, 1.807) is 24.3 Å². The van der Waals surface area contributed by atoms with Crippen molar-refractivity contribution in [2.45, 2.75) is 12.0 Å². The summed E-state index contributed by atoms with van der Waals surface area (Å²) in [5.74, 6) is -0.387. The van der Waals surface area contributed by atoms with Crippen molar-refractivity contribution in [1.82, 2.24) is 5.32 Å². The van der Waals surface area contributed by atoms with Gasteiger partial charge in [0.1, 0.15) is 0 Å². The minimum atomic E-state index is -1.12. The molecule has 0 aliphatic heterocycles. The first kappa shape index (κ1) is 16.5. The summed E-state index contributed by atoms with van der Waals surface area (Å²) in [5, 5.41) is 22.6. The van der Waals surface area contributed by atoms with Gasteiger partial charge in [0.25, 0.3) is 5.91 Å². The zero-order valence-electron chi connectivity index (χ0n) is 12.0. The van der Waals surface area contributed by atoms with Crippen LogP contribution in [0.5, 0.6) is 0 Å². The summed E-state index contributed by atoms with van der Waals surface area (Å²) < 4.78 is 0. The summed E-state index contributed by atoms with van der Waals surface area (Å²) in [5.41, 5.74) is 0.171. The summed E-state index contributed by atoms with van der Waals surface area (Å²) in [6, 6.07) is 15.9. The first-order valence-electron chi connectivity index (χ1n) is 6.92. The molecule has 0 aliphatic rings. The molecule has 0 aromatic heterocycles. The molecule has 0 unspecified atom stereocenters. The molecule has 4 nitrogen and oxygen atoms in total. The van der Waals surface area contributed by atoms with Crippen LogP contribution in [-0.4, -0.2) is 34.9 Å². The predicted molar refractivity (Wildman–Crippen MR) is 86.0 cm³/mol. The van der Waals surface area contributed by atoms with Crippen molar-refractivity contribution in [1.29, 1.82) is 0 Å². The number of benzene rings is 2. The van der Waals surface area contributed by atoms with Crippen LogP contribution in [0.25, 0.3) is 0 Å². The van der Waals surface area contributed by atoms with Crippen molar-refractivity contribution in [3.63, 3.8) is 0 Å². The third-order valence-electron chi connectivity index (χ3n) is 3.46. The number of carbonyl (C=O) groups excluding carboxylic acids is 1. The molecule has 0 heterocycles. The molecule has 2 aromatic carbocycles. The third kappa shape index (κ3) is 4.07. The van der Waals surface area contributed by atoms with Crippen LogP contribution in [-0.2, 0) is 6.42 Å². The predicted octanol–water partition coefficient (Wildman–Crippen LogP) is 2.04. The molecule has 116 valence electrons. The Morgan fingerprint density at radius 1 is 1.05 bits per heavy atom. The van der Waals surface area contributed by atoms with Crippen LogP contribution in [0.1, 0.15) is 15.9 Å². The van der Waals surface area contributed by atoms with Gasteiger partial charge in [0.05, 0.1) is 18.8 Å². The highest BCUT2D eigenvalue weighted by molar-refractivity contribution is 6.30. The van der Waals surface area contributed by atoms with E-state index in [-0.39, 0.29) is 19.1 Å². The fraction of sp³-hybridized carbons (Fsp3) is 0.235. The largest absolute Gasteiger partial charge is 0.394 e. The SMILES string of the molecule is O=C(NC(CO)(CO)Cc1ccccc1)c1cccc(Cl)c1. The normalized spacial score (nSPS) is 11.2. The molecule has 0 saturated heterocycles. The fourth-order valence-electron chi connectivity index (χ4n) is 2.21. The molecule has 0 radical (unpaired) electrons. The van der Waals surface area contributed by atoms with E-state index < -0.39 is 5.54 Å². The Kier molecular flexibility index (Phi) is 5.55. The molecule has 0 fully saturated rings. The summed E-state index contributed by atoms with van der Waals surface area (Å²) >= 11 is 5.88. The first-order chi connectivity index (χ1) is 10.6. The molecule has 0 aliphatic carbocycles. The van der Waals surface area contributed by atoms with Crippen LogP contribution < -0.4 is 5.32 Å². The van der Waals surface area contributed by atoms with Gasteiger partial charge in [-0.15, -0.1) is 0 Å². The first-order valence-corrected chi connectivity index (χ1v) is 7.30. The molecule has 3 N–H and O–H groups in total. The van der Waals surface area contributed by atoms with E-state index in [4.69, 9.17) is 11.6 Å².